The second kappa shape index (κ2) is 10.6. The summed E-state index contributed by atoms with van der Waals surface area (Å²) in [7, 11) is -1.41. The Morgan fingerprint density at radius 1 is 1.07 bits per heavy atom. The highest BCUT2D eigenvalue weighted by molar-refractivity contribution is 7.89. The lowest BCUT2D eigenvalue weighted by Gasteiger charge is -2.20. The monoisotopic (exact) mass is 395 g/mol. The van der Waals surface area contributed by atoms with Gasteiger partial charge in [-0.25, -0.2) is 18.0 Å². The number of methoxy groups -OCH3 is 2. The Hall–Kier alpha value is -2.45. The summed E-state index contributed by atoms with van der Waals surface area (Å²) >= 11 is 0. The number of hydrogen-bond acceptors (Lipinski definition) is 6. The van der Waals surface area contributed by atoms with Crippen molar-refractivity contribution in [2.45, 2.75) is 25.2 Å². The smallest absolute Gasteiger partial charge is 0.344 e. The van der Waals surface area contributed by atoms with Crippen LogP contribution in [0.2, 0.25) is 0 Å². The van der Waals surface area contributed by atoms with Crippen LogP contribution in [0.3, 0.4) is 0 Å². The Kier molecular flexibility index (Phi) is 8.90. The SMILES string of the molecule is C/C=C\CN(CCC=C(C(=O)OC)C(=O)OC)S(=O)(=O)c1ccc(C)cc1. The lowest BCUT2D eigenvalue weighted by molar-refractivity contribution is -0.144. The van der Waals surface area contributed by atoms with E-state index in [1.54, 1.807) is 43.3 Å². The third-order valence-corrected chi connectivity index (χ3v) is 5.62. The lowest BCUT2D eigenvalue weighted by atomic mass is 10.2. The highest BCUT2D eigenvalue weighted by atomic mass is 32.2. The largest absolute Gasteiger partial charge is 0.465 e. The molecule has 1 aromatic carbocycles. The van der Waals surface area contributed by atoms with Gasteiger partial charge in [0, 0.05) is 13.1 Å². The third-order valence-electron chi connectivity index (χ3n) is 3.74. The van der Waals surface area contributed by atoms with Gasteiger partial charge in [0.15, 0.2) is 0 Å². The summed E-state index contributed by atoms with van der Waals surface area (Å²) < 4.78 is 36.2. The summed E-state index contributed by atoms with van der Waals surface area (Å²) in [5.41, 5.74) is 0.691. The number of rotatable bonds is 9. The molecule has 0 unspecified atom stereocenters. The zero-order valence-electron chi connectivity index (χ0n) is 16.0. The topological polar surface area (TPSA) is 90.0 Å². The maximum absolute atomic E-state index is 12.9. The number of hydrogen-bond donors (Lipinski definition) is 0. The molecule has 0 fully saturated rings. The van der Waals surface area contributed by atoms with E-state index in [4.69, 9.17) is 0 Å². The maximum Gasteiger partial charge on any atom is 0.344 e. The minimum Gasteiger partial charge on any atom is -0.465 e. The molecule has 148 valence electrons. The van der Waals surface area contributed by atoms with Gasteiger partial charge in [-0.05, 0) is 32.4 Å². The molecule has 0 aliphatic carbocycles. The zero-order valence-corrected chi connectivity index (χ0v) is 16.8. The van der Waals surface area contributed by atoms with Gasteiger partial charge >= 0.3 is 11.9 Å². The molecule has 0 heterocycles. The van der Waals surface area contributed by atoms with Crippen LogP contribution in [0.4, 0.5) is 0 Å². The van der Waals surface area contributed by atoms with Crippen LogP contribution in [-0.4, -0.2) is 52.0 Å². The molecule has 0 spiro atoms. The van der Waals surface area contributed by atoms with Gasteiger partial charge in [0.25, 0.3) is 0 Å². The van der Waals surface area contributed by atoms with E-state index in [1.165, 1.54) is 10.4 Å². The molecule has 0 saturated heterocycles. The van der Waals surface area contributed by atoms with E-state index in [2.05, 4.69) is 9.47 Å². The van der Waals surface area contributed by atoms with Crippen molar-refractivity contribution in [3.8, 4) is 0 Å². The summed E-state index contributed by atoms with van der Waals surface area (Å²) in [5, 5.41) is 0. The van der Waals surface area contributed by atoms with Gasteiger partial charge in [-0.1, -0.05) is 35.9 Å². The van der Waals surface area contributed by atoms with E-state index in [0.29, 0.717) is 0 Å². The Morgan fingerprint density at radius 2 is 1.63 bits per heavy atom. The molecule has 8 heteroatoms. The number of benzene rings is 1. The molecule has 7 nitrogen and oxygen atoms in total. The van der Waals surface area contributed by atoms with Crippen molar-refractivity contribution in [2.75, 3.05) is 27.3 Å². The van der Waals surface area contributed by atoms with Gasteiger partial charge in [-0.2, -0.15) is 4.31 Å². The molecule has 0 saturated carbocycles. The normalized spacial score (nSPS) is 11.4. The van der Waals surface area contributed by atoms with E-state index in [-0.39, 0.29) is 30.0 Å². The molecule has 0 amide bonds. The van der Waals surface area contributed by atoms with Crippen LogP contribution in [0.15, 0.2) is 53.0 Å². The fraction of sp³-hybridized carbons (Fsp3) is 0.368. The molecule has 0 bridgehead atoms. The van der Waals surface area contributed by atoms with E-state index >= 15 is 0 Å². The third kappa shape index (κ3) is 6.33. The standard InChI is InChI=1S/C19H25NO6S/c1-5-6-13-20(27(23,24)16-11-9-15(2)10-12-16)14-7-8-17(18(21)25-3)19(22)26-4/h5-6,8-12H,7,13-14H2,1-4H3/b6-5-. The van der Waals surface area contributed by atoms with Crippen LogP contribution >= 0.6 is 0 Å². The second-order valence-corrected chi connectivity index (χ2v) is 7.57. The molecular weight excluding hydrogens is 370 g/mol. The lowest BCUT2D eigenvalue weighted by Crippen LogP contribution is -2.32. The van der Waals surface area contributed by atoms with Crippen molar-refractivity contribution in [3.63, 3.8) is 0 Å². The molecular formula is C19H25NO6S. The summed E-state index contributed by atoms with van der Waals surface area (Å²) in [5.74, 6) is -1.66. The number of nitrogens with zero attached hydrogens (tertiary/aromatic N) is 1. The summed E-state index contributed by atoms with van der Waals surface area (Å²) in [6, 6.07) is 6.56. The van der Waals surface area contributed by atoms with Gasteiger partial charge in [-0.15, -0.1) is 0 Å². The number of allylic oxidation sites excluding steroid dienone is 1. The van der Waals surface area contributed by atoms with E-state index in [1.807, 2.05) is 6.92 Å². The molecule has 0 N–H and O–H groups in total. The van der Waals surface area contributed by atoms with E-state index in [0.717, 1.165) is 19.8 Å². The molecule has 1 aromatic rings. The van der Waals surface area contributed by atoms with Crippen LogP contribution in [0.25, 0.3) is 0 Å². The van der Waals surface area contributed by atoms with Crippen LogP contribution < -0.4 is 0 Å². The van der Waals surface area contributed by atoms with Crippen molar-refractivity contribution in [1.29, 1.82) is 0 Å². The Labute approximate surface area is 160 Å². The van der Waals surface area contributed by atoms with Crippen LogP contribution in [0.1, 0.15) is 18.9 Å². The first kappa shape index (κ1) is 22.6. The van der Waals surface area contributed by atoms with E-state index in [9.17, 15) is 18.0 Å². The first-order valence-electron chi connectivity index (χ1n) is 8.32. The molecule has 0 aliphatic heterocycles. The molecule has 0 aliphatic rings. The van der Waals surface area contributed by atoms with Gasteiger partial charge in [0.2, 0.25) is 10.0 Å². The molecule has 0 atom stereocenters. The average molecular weight is 395 g/mol. The first-order chi connectivity index (χ1) is 12.8. The Morgan fingerprint density at radius 3 is 2.11 bits per heavy atom. The number of carbonyl (C=O) groups excluding carboxylic acids is 2. The van der Waals surface area contributed by atoms with Crippen molar-refractivity contribution >= 4 is 22.0 Å². The predicted molar refractivity (Wildman–Crippen MR) is 101 cm³/mol. The van der Waals surface area contributed by atoms with Crippen molar-refractivity contribution in [3.05, 3.63) is 53.6 Å². The van der Waals surface area contributed by atoms with E-state index < -0.39 is 22.0 Å². The van der Waals surface area contributed by atoms with Crippen molar-refractivity contribution < 1.29 is 27.5 Å². The molecule has 0 radical (unpaired) electrons. The maximum atomic E-state index is 12.9. The summed E-state index contributed by atoms with van der Waals surface area (Å²) in [4.78, 5) is 23.5. The molecule has 27 heavy (non-hydrogen) atoms. The van der Waals surface area contributed by atoms with Crippen LogP contribution in [-0.2, 0) is 29.1 Å². The first-order valence-corrected chi connectivity index (χ1v) is 9.76. The Balaban J connectivity index is 3.07. The van der Waals surface area contributed by atoms with Crippen molar-refractivity contribution in [2.24, 2.45) is 0 Å². The average Bonchev–Trinajstić information content (AvgIpc) is 2.66. The summed E-state index contributed by atoms with van der Waals surface area (Å²) in [6.45, 7) is 3.92. The second-order valence-electron chi connectivity index (χ2n) is 5.63. The van der Waals surface area contributed by atoms with Crippen LogP contribution in [0.5, 0.6) is 0 Å². The molecule has 1 rings (SSSR count). The Bertz CT molecular complexity index is 791. The number of carbonyl (C=O) groups is 2. The van der Waals surface area contributed by atoms with Gasteiger partial charge in [-0.3, -0.25) is 0 Å². The fourth-order valence-corrected chi connectivity index (χ4v) is 3.62. The minimum absolute atomic E-state index is 0.0814. The number of aryl methyl sites for hydroxylation is 1. The highest BCUT2D eigenvalue weighted by Crippen LogP contribution is 2.17. The highest BCUT2D eigenvalue weighted by Gasteiger charge is 2.24. The van der Waals surface area contributed by atoms with Gasteiger partial charge < -0.3 is 9.47 Å². The van der Waals surface area contributed by atoms with Gasteiger partial charge in [0.1, 0.15) is 5.57 Å². The number of sulfonamides is 1. The minimum atomic E-state index is -3.72. The molecule has 0 aromatic heterocycles. The fourth-order valence-electron chi connectivity index (χ4n) is 2.21. The number of esters is 2. The van der Waals surface area contributed by atoms with Crippen LogP contribution in [0, 0.1) is 6.92 Å². The number of ether oxygens (including phenoxy) is 2. The zero-order chi connectivity index (χ0) is 20.4. The quantitative estimate of drug-likeness (QED) is 0.209. The van der Waals surface area contributed by atoms with Gasteiger partial charge in [0.05, 0.1) is 19.1 Å². The predicted octanol–water partition coefficient (Wildman–Crippen LogP) is 2.22. The van der Waals surface area contributed by atoms with Crippen molar-refractivity contribution in [1.82, 2.24) is 4.31 Å². The summed E-state index contributed by atoms with van der Waals surface area (Å²) in [6.07, 6.45) is 4.94.